The summed E-state index contributed by atoms with van der Waals surface area (Å²) in [4.78, 5) is 0. The first kappa shape index (κ1) is 12.1. The van der Waals surface area contributed by atoms with Crippen LogP contribution >= 0.6 is 0 Å². The molecule has 0 aliphatic carbocycles. The Bertz CT molecular complexity index is 101. The second-order valence-electron chi connectivity index (χ2n) is 2.79. The molecule has 0 bridgehead atoms. The van der Waals surface area contributed by atoms with E-state index in [1.54, 1.807) is 14.2 Å². The standard InChI is InChI=1S/C7H20N2O2Si/c1-10-12(11-2)7(9)5-3-4-6-8/h7,12H,3-6,8-9H2,1-2H3. The molecule has 4 N–H and O–H groups in total. The Kier molecular flexibility index (Phi) is 7.73. The van der Waals surface area contributed by atoms with Crippen LogP contribution in [0.5, 0.6) is 0 Å². The highest BCUT2D eigenvalue weighted by Gasteiger charge is 2.19. The van der Waals surface area contributed by atoms with Gasteiger partial charge >= 0.3 is 9.28 Å². The average Bonchev–Trinajstić information content (AvgIpc) is 2.07. The predicted octanol–water partition coefficient (Wildman–Crippen LogP) is -0.505. The minimum Gasteiger partial charge on any atom is -0.399 e. The fraction of sp³-hybridized carbons (Fsp3) is 1.00. The van der Waals surface area contributed by atoms with Crippen LogP contribution in [0.15, 0.2) is 0 Å². The first-order chi connectivity index (χ1) is 5.76. The molecule has 0 spiro atoms. The van der Waals surface area contributed by atoms with Crippen LogP contribution in [0.25, 0.3) is 0 Å². The molecular formula is C7H20N2O2Si. The van der Waals surface area contributed by atoms with Gasteiger partial charge in [0.25, 0.3) is 0 Å². The fourth-order valence-corrected chi connectivity index (χ4v) is 2.51. The lowest BCUT2D eigenvalue weighted by atomic mass is 10.2. The van der Waals surface area contributed by atoms with E-state index in [1.165, 1.54) is 0 Å². The maximum Gasteiger partial charge on any atom is 0.338 e. The lowest BCUT2D eigenvalue weighted by Crippen LogP contribution is -2.42. The summed E-state index contributed by atoms with van der Waals surface area (Å²) >= 11 is 0. The number of hydrogen-bond acceptors (Lipinski definition) is 4. The van der Waals surface area contributed by atoms with Crippen molar-refractivity contribution in [3.8, 4) is 0 Å². The lowest BCUT2D eigenvalue weighted by Gasteiger charge is -2.18. The molecule has 0 aromatic heterocycles. The average molecular weight is 192 g/mol. The summed E-state index contributed by atoms with van der Waals surface area (Å²) < 4.78 is 10.3. The normalized spacial score (nSPS) is 13.8. The zero-order valence-corrected chi connectivity index (χ0v) is 9.11. The first-order valence-corrected chi connectivity index (χ1v) is 5.88. The molecule has 74 valence electrons. The van der Waals surface area contributed by atoms with Crippen molar-refractivity contribution in [3.63, 3.8) is 0 Å². The van der Waals surface area contributed by atoms with Crippen molar-refractivity contribution in [2.24, 2.45) is 11.5 Å². The van der Waals surface area contributed by atoms with Crippen LogP contribution < -0.4 is 11.5 Å². The van der Waals surface area contributed by atoms with Crippen LogP contribution in [0.3, 0.4) is 0 Å². The monoisotopic (exact) mass is 192 g/mol. The van der Waals surface area contributed by atoms with E-state index < -0.39 is 9.28 Å². The van der Waals surface area contributed by atoms with Gasteiger partial charge in [0.2, 0.25) is 0 Å². The van der Waals surface area contributed by atoms with E-state index in [-0.39, 0.29) is 5.67 Å². The summed E-state index contributed by atoms with van der Waals surface area (Å²) in [5.41, 5.74) is 11.3. The van der Waals surface area contributed by atoms with Gasteiger partial charge < -0.3 is 20.3 Å². The van der Waals surface area contributed by atoms with Crippen molar-refractivity contribution in [1.82, 2.24) is 0 Å². The summed E-state index contributed by atoms with van der Waals surface area (Å²) in [5, 5.41) is 0. The van der Waals surface area contributed by atoms with Crippen molar-refractivity contribution in [2.75, 3.05) is 20.8 Å². The zero-order valence-electron chi connectivity index (χ0n) is 7.95. The largest absolute Gasteiger partial charge is 0.399 e. The molecule has 0 aromatic rings. The van der Waals surface area contributed by atoms with E-state index in [0.717, 1.165) is 25.8 Å². The van der Waals surface area contributed by atoms with Gasteiger partial charge in [-0.25, -0.2) is 0 Å². The molecule has 0 radical (unpaired) electrons. The fourth-order valence-electron chi connectivity index (χ4n) is 1.11. The molecule has 0 saturated heterocycles. The molecule has 0 aliphatic heterocycles. The van der Waals surface area contributed by atoms with Crippen molar-refractivity contribution >= 4 is 9.28 Å². The molecule has 1 unspecified atom stereocenters. The quantitative estimate of drug-likeness (QED) is 0.421. The number of hydrogen-bond donors (Lipinski definition) is 2. The Morgan fingerprint density at radius 1 is 1.25 bits per heavy atom. The summed E-state index contributed by atoms with van der Waals surface area (Å²) in [6.45, 7) is 0.735. The third-order valence-corrected chi connectivity index (χ3v) is 3.77. The van der Waals surface area contributed by atoms with Gasteiger partial charge in [-0.3, -0.25) is 0 Å². The highest BCUT2D eigenvalue weighted by molar-refractivity contribution is 6.46. The molecule has 4 nitrogen and oxygen atoms in total. The van der Waals surface area contributed by atoms with E-state index in [2.05, 4.69) is 0 Å². The molecule has 0 aliphatic rings. The van der Waals surface area contributed by atoms with E-state index in [1.807, 2.05) is 0 Å². The maximum absolute atomic E-state index is 5.85. The molecular weight excluding hydrogens is 172 g/mol. The SMILES string of the molecule is CO[SiH](OC)C(N)CCCCN. The van der Waals surface area contributed by atoms with Gasteiger partial charge in [0.05, 0.1) is 0 Å². The molecule has 5 heteroatoms. The Morgan fingerprint density at radius 2 is 1.83 bits per heavy atom. The maximum atomic E-state index is 5.85. The van der Waals surface area contributed by atoms with Crippen molar-refractivity contribution in [1.29, 1.82) is 0 Å². The van der Waals surface area contributed by atoms with Gasteiger partial charge in [0.1, 0.15) is 0 Å². The number of rotatable bonds is 7. The summed E-state index contributed by atoms with van der Waals surface area (Å²) in [6.07, 6.45) is 3.05. The molecule has 0 saturated carbocycles. The Labute approximate surface area is 76.1 Å². The Morgan fingerprint density at radius 3 is 2.25 bits per heavy atom. The molecule has 0 amide bonds. The highest BCUT2D eigenvalue weighted by atomic mass is 28.3. The predicted molar refractivity (Wildman–Crippen MR) is 52.0 cm³/mol. The van der Waals surface area contributed by atoms with Crippen LogP contribution in [0.4, 0.5) is 0 Å². The van der Waals surface area contributed by atoms with Crippen molar-refractivity contribution in [2.45, 2.75) is 24.9 Å². The molecule has 12 heavy (non-hydrogen) atoms. The van der Waals surface area contributed by atoms with Crippen LogP contribution in [0, 0.1) is 0 Å². The van der Waals surface area contributed by atoms with E-state index in [9.17, 15) is 0 Å². The third kappa shape index (κ3) is 4.84. The molecule has 0 rings (SSSR count). The van der Waals surface area contributed by atoms with E-state index >= 15 is 0 Å². The second kappa shape index (κ2) is 7.69. The van der Waals surface area contributed by atoms with E-state index in [0.29, 0.717) is 0 Å². The molecule has 0 aromatic carbocycles. The van der Waals surface area contributed by atoms with E-state index in [4.69, 9.17) is 20.3 Å². The van der Waals surface area contributed by atoms with Crippen LogP contribution in [-0.4, -0.2) is 35.7 Å². The van der Waals surface area contributed by atoms with Crippen molar-refractivity contribution < 1.29 is 8.85 Å². The minimum absolute atomic E-state index is 0.0894. The zero-order chi connectivity index (χ0) is 9.40. The Hall–Kier alpha value is 0.0569. The number of unbranched alkanes of at least 4 members (excludes halogenated alkanes) is 1. The summed E-state index contributed by atoms with van der Waals surface area (Å²) in [5.74, 6) is 0. The number of nitrogens with two attached hydrogens (primary N) is 2. The van der Waals surface area contributed by atoms with Gasteiger partial charge in [-0.05, 0) is 19.4 Å². The van der Waals surface area contributed by atoms with Crippen LogP contribution in [-0.2, 0) is 8.85 Å². The van der Waals surface area contributed by atoms with Crippen LogP contribution in [0.1, 0.15) is 19.3 Å². The molecule has 0 heterocycles. The molecule has 0 fully saturated rings. The smallest absolute Gasteiger partial charge is 0.338 e. The lowest BCUT2D eigenvalue weighted by molar-refractivity contribution is 0.263. The van der Waals surface area contributed by atoms with Gasteiger partial charge in [-0.1, -0.05) is 6.42 Å². The summed E-state index contributed by atoms with van der Waals surface area (Å²) in [6, 6.07) is 0. The highest BCUT2D eigenvalue weighted by Crippen LogP contribution is 2.02. The topological polar surface area (TPSA) is 70.5 Å². The van der Waals surface area contributed by atoms with Gasteiger partial charge in [-0.15, -0.1) is 0 Å². The van der Waals surface area contributed by atoms with Crippen LogP contribution in [0.2, 0.25) is 0 Å². The van der Waals surface area contributed by atoms with Gasteiger partial charge in [0.15, 0.2) is 0 Å². The van der Waals surface area contributed by atoms with Gasteiger partial charge in [-0.2, -0.15) is 0 Å². The third-order valence-electron chi connectivity index (χ3n) is 1.81. The molecule has 1 atom stereocenters. The van der Waals surface area contributed by atoms with Gasteiger partial charge in [0, 0.05) is 19.9 Å². The van der Waals surface area contributed by atoms with Crippen molar-refractivity contribution in [3.05, 3.63) is 0 Å². The first-order valence-electron chi connectivity index (χ1n) is 4.27. The summed E-state index contributed by atoms with van der Waals surface area (Å²) in [7, 11) is 1.72. The second-order valence-corrected chi connectivity index (χ2v) is 5.32. The minimum atomic E-state index is -1.59. The Balaban J connectivity index is 3.47.